The first-order valence-corrected chi connectivity index (χ1v) is 6.95. The highest BCUT2D eigenvalue weighted by Crippen LogP contribution is 2.24. The second kappa shape index (κ2) is 8.55. The molecular weight excluding hydrogens is 280 g/mol. The summed E-state index contributed by atoms with van der Waals surface area (Å²) in [5.74, 6) is -1.36. The molecule has 1 aromatic rings. The molecule has 1 amide bonds. The number of hydrogen-bond donors (Lipinski definition) is 3. The first-order valence-electron chi connectivity index (χ1n) is 6.58. The Hall–Kier alpha value is -1.59. The van der Waals surface area contributed by atoms with E-state index in [2.05, 4.69) is 5.32 Å². The molecule has 5 nitrogen and oxygen atoms in total. The fourth-order valence-electron chi connectivity index (χ4n) is 1.84. The Kier molecular flexibility index (Phi) is 7.04. The van der Waals surface area contributed by atoms with Gasteiger partial charge >= 0.3 is 5.97 Å². The van der Waals surface area contributed by atoms with E-state index in [0.29, 0.717) is 13.0 Å². The van der Waals surface area contributed by atoms with Crippen molar-refractivity contribution in [1.82, 2.24) is 0 Å². The van der Waals surface area contributed by atoms with Crippen molar-refractivity contribution in [1.29, 1.82) is 0 Å². The van der Waals surface area contributed by atoms with E-state index in [0.717, 1.165) is 25.7 Å². The van der Waals surface area contributed by atoms with Gasteiger partial charge in [0.15, 0.2) is 0 Å². The summed E-state index contributed by atoms with van der Waals surface area (Å²) < 4.78 is 0. The van der Waals surface area contributed by atoms with E-state index in [-0.39, 0.29) is 22.2 Å². The number of carboxylic acids is 1. The van der Waals surface area contributed by atoms with Crippen LogP contribution in [0.5, 0.6) is 0 Å². The number of carbonyl (C=O) groups excluding carboxylic acids is 1. The van der Waals surface area contributed by atoms with Gasteiger partial charge in [-0.2, -0.15) is 0 Å². The maximum atomic E-state index is 11.8. The topological polar surface area (TPSA) is 92.4 Å². The Morgan fingerprint density at radius 2 is 1.90 bits per heavy atom. The van der Waals surface area contributed by atoms with Crippen LogP contribution in [0.1, 0.15) is 42.5 Å². The molecule has 0 aliphatic rings. The fourth-order valence-corrected chi connectivity index (χ4v) is 2.10. The van der Waals surface area contributed by atoms with Gasteiger partial charge in [0.25, 0.3) is 0 Å². The maximum Gasteiger partial charge on any atom is 0.339 e. The predicted molar refractivity (Wildman–Crippen MR) is 79.2 cm³/mol. The van der Waals surface area contributed by atoms with Crippen molar-refractivity contribution >= 4 is 29.2 Å². The molecule has 1 rings (SSSR count). The van der Waals surface area contributed by atoms with E-state index in [4.69, 9.17) is 22.4 Å². The number of carbonyl (C=O) groups is 2. The zero-order chi connectivity index (χ0) is 15.0. The van der Waals surface area contributed by atoms with Crippen LogP contribution < -0.4 is 11.1 Å². The molecule has 6 heteroatoms. The van der Waals surface area contributed by atoms with Gasteiger partial charge in [0, 0.05) is 6.42 Å². The van der Waals surface area contributed by atoms with Crippen LogP contribution in [0.2, 0.25) is 5.02 Å². The molecule has 0 bridgehead atoms. The highest BCUT2D eigenvalue weighted by atomic mass is 35.5. The standard InChI is InChI=1S/C14H19ClN2O3/c15-10-6-5-7-11(13(10)14(19)20)17-12(18)8-3-1-2-4-9-16/h5-7H,1-4,8-9,16H2,(H,17,18)(H,19,20). The smallest absolute Gasteiger partial charge is 0.339 e. The quantitative estimate of drug-likeness (QED) is 0.643. The molecule has 0 heterocycles. The van der Waals surface area contributed by atoms with Crippen molar-refractivity contribution in [3.05, 3.63) is 28.8 Å². The highest BCUT2D eigenvalue weighted by molar-refractivity contribution is 6.34. The van der Waals surface area contributed by atoms with Gasteiger partial charge in [0.1, 0.15) is 5.56 Å². The number of hydrogen-bond acceptors (Lipinski definition) is 3. The average Bonchev–Trinajstić information content (AvgIpc) is 2.38. The van der Waals surface area contributed by atoms with E-state index in [1.807, 2.05) is 0 Å². The van der Waals surface area contributed by atoms with Gasteiger partial charge in [-0.25, -0.2) is 4.79 Å². The zero-order valence-electron chi connectivity index (χ0n) is 11.2. The number of anilines is 1. The number of halogens is 1. The van der Waals surface area contributed by atoms with Crippen LogP contribution >= 0.6 is 11.6 Å². The Morgan fingerprint density at radius 3 is 2.55 bits per heavy atom. The molecule has 0 unspecified atom stereocenters. The third-order valence-electron chi connectivity index (χ3n) is 2.86. The summed E-state index contributed by atoms with van der Waals surface area (Å²) in [5.41, 5.74) is 5.54. The van der Waals surface area contributed by atoms with Gasteiger partial charge in [-0.05, 0) is 31.5 Å². The lowest BCUT2D eigenvalue weighted by molar-refractivity contribution is -0.116. The number of unbranched alkanes of at least 4 members (excludes halogenated alkanes) is 3. The molecule has 0 spiro atoms. The third-order valence-corrected chi connectivity index (χ3v) is 3.17. The van der Waals surface area contributed by atoms with Gasteiger partial charge in [-0.15, -0.1) is 0 Å². The lowest BCUT2D eigenvalue weighted by Gasteiger charge is -2.09. The first kappa shape index (κ1) is 16.5. The SMILES string of the molecule is NCCCCCCC(=O)Nc1cccc(Cl)c1C(=O)O. The second-order valence-electron chi connectivity index (χ2n) is 4.47. The minimum absolute atomic E-state index is 0.0781. The van der Waals surface area contributed by atoms with E-state index in [1.165, 1.54) is 12.1 Å². The Bertz CT molecular complexity index is 477. The molecule has 0 saturated heterocycles. The Morgan fingerprint density at radius 1 is 1.20 bits per heavy atom. The van der Waals surface area contributed by atoms with Crippen LogP contribution in [0.25, 0.3) is 0 Å². The van der Waals surface area contributed by atoms with E-state index < -0.39 is 5.97 Å². The average molecular weight is 299 g/mol. The zero-order valence-corrected chi connectivity index (χ0v) is 11.9. The lowest BCUT2D eigenvalue weighted by Crippen LogP contribution is -2.14. The van der Waals surface area contributed by atoms with Crippen molar-refractivity contribution < 1.29 is 14.7 Å². The molecule has 20 heavy (non-hydrogen) atoms. The number of benzene rings is 1. The number of nitrogens with two attached hydrogens (primary N) is 1. The molecule has 4 N–H and O–H groups in total. The van der Waals surface area contributed by atoms with Gasteiger partial charge < -0.3 is 16.2 Å². The fraction of sp³-hybridized carbons (Fsp3) is 0.429. The molecular formula is C14H19ClN2O3. The molecule has 1 aromatic carbocycles. The minimum Gasteiger partial charge on any atom is -0.478 e. The minimum atomic E-state index is -1.16. The van der Waals surface area contributed by atoms with Crippen LogP contribution in [0, 0.1) is 0 Å². The summed E-state index contributed by atoms with van der Waals surface area (Å²) in [6.07, 6.45) is 4.01. The van der Waals surface area contributed by atoms with Crippen molar-refractivity contribution in [2.45, 2.75) is 32.1 Å². The Labute approximate surface area is 123 Å². The Balaban J connectivity index is 2.54. The van der Waals surface area contributed by atoms with Crippen LogP contribution in [-0.4, -0.2) is 23.5 Å². The van der Waals surface area contributed by atoms with E-state index in [1.54, 1.807) is 6.07 Å². The third kappa shape index (κ3) is 5.19. The summed E-state index contributed by atoms with van der Waals surface area (Å²) in [6, 6.07) is 4.61. The van der Waals surface area contributed by atoms with E-state index >= 15 is 0 Å². The summed E-state index contributed by atoms with van der Waals surface area (Å²) >= 11 is 5.83. The van der Waals surface area contributed by atoms with E-state index in [9.17, 15) is 9.59 Å². The number of rotatable bonds is 8. The summed E-state index contributed by atoms with van der Waals surface area (Å²) in [4.78, 5) is 22.9. The van der Waals surface area contributed by atoms with Gasteiger partial charge in [0.05, 0.1) is 10.7 Å². The van der Waals surface area contributed by atoms with Crippen LogP contribution in [0.3, 0.4) is 0 Å². The predicted octanol–water partition coefficient (Wildman–Crippen LogP) is 2.89. The number of amides is 1. The summed E-state index contributed by atoms with van der Waals surface area (Å²) in [5, 5.41) is 11.8. The largest absolute Gasteiger partial charge is 0.478 e. The van der Waals surface area contributed by atoms with Gasteiger partial charge in [-0.3, -0.25) is 4.79 Å². The molecule has 0 radical (unpaired) electrons. The van der Waals surface area contributed by atoms with Gasteiger partial charge in [-0.1, -0.05) is 30.5 Å². The van der Waals surface area contributed by atoms with Crippen molar-refractivity contribution in [2.24, 2.45) is 5.73 Å². The maximum absolute atomic E-state index is 11.8. The van der Waals surface area contributed by atoms with Crippen molar-refractivity contribution in [3.8, 4) is 0 Å². The second-order valence-corrected chi connectivity index (χ2v) is 4.88. The number of carboxylic acid groups (broad SMARTS) is 1. The normalized spacial score (nSPS) is 10.3. The number of aromatic carboxylic acids is 1. The molecule has 0 aliphatic heterocycles. The molecule has 0 atom stereocenters. The highest BCUT2D eigenvalue weighted by Gasteiger charge is 2.15. The monoisotopic (exact) mass is 298 g/mol. The molecule has 0 fully saturated rings. The summed E-state index contributed by atoms with van der Waals surface area (Å²) in [7, 11) is 0. The summed E-state index contributed by atoms with van der Waals surface area (Å²) in [6.45, 7) is 0.663. The van der Waals surface area contributed by atoms with Crippen molar-refractivity contribution in [3.63, 3.8) is 0 Å². The lowest BCUT2D eigenvalue weighted by atomic mass is 10.1. The van der Waals surface area contributed by atoms with Crippen LogP contribution in [-0.2, 0) is 4.79 Å². The molecule has 0 aromatic heterocycles. The first-order chi connectivity index (χ1) is 9.56. The molecule has 0 saturated carbocycles. The van der Waals surface area contributed by atoms with Crippen LogP contribution in [0.15, 0.2) is 18.2 Å². The molecule has 0 aliphatic carbocycles. The molecule has 110 valence electrons. The number of nitrogens with one attached hydrogen (secondary N) is 1. The van der Waals surface area contributed by atoms with Crippen molar-refractivity contribution in [2.75, 3.05) is 11.9 Å². The van der Waals surface area contributed by atoms with Gasteiger partial charge in [0.2, 0.25) is 5.91 Å². The van der Waals surface area contributed by atoms with Crippen LogP contribution in [0.4, 0.5) is 5.69 Å².